The molecule has 5 nitrogen and oxygen atoms in total. The molecule has 0 bridgehead atoms. The molecule has 1 saturated heterocycles. The minimum Gasteiger partial charge on any atom is -0.496 e. The number of aryl methyl sites for hydroxylation is 2. The molecule has 0 unspecified atom stereocenters. The number of hydrogen-bond donors (Lipinski definition) is 0. The lowest BCUT2D eigenvalue weighted by Crippen LogP contribution is -2.31. The number of ether oxygens (including phenoxy) is 2. The summed E-state index contributed by atoms with van der Waals surface area (Å²) in [6, 6.07) is 8.26. The summed E-state index contributed by atoms with van der Waals surface area (Å²) in [6.07, 6.45) is 4.81. The van der Waals surface area contributed by atoms with Crippen LogP contribution in [0, 0.1) is 6.92 Å². The Labute approximate surface area is 150 Å². The number of benzene rings is 1. The van der Waals surface area contributed by atoms with Crippen LogP contribution in [-0.2, 0) is 24.4 Å². The molecule has 5 heteroatoms. The van der Waals surface area contributed by atoms with Gasteiger partial charge in [-0.25, -0.2) is 0 Å². The highest BCUT2D eigenvalue weighted by atomic mass is 16.5. The smallest absolute Gasteiger partial charge is 0.123 e. The SMILES string of the molecule is CCn1cc(CN(Cc2ccccc2OC)C[C@@H]2CCCO2)c(C)n1. The van der Waals surface area contributed by atoms with Crippen molar-refractivity contribution in [1.29, 1.82) is 0 Å². The molecule has 136 valence electrons. The summed E-state index contributed by atoms with van der Waals surface area (Å²) in [5.41, 5.74) is 3.61. The highest BCUT2D eigenvalue weighted by Gasteiger charge is 2.21. The van der Waals surface area contributed by atoms with Gasteiger partial charge >= 0.3 is 0 Å². The van der Waals surface area contributed by atoms with Gasteiger partial charge in [0.15, 0.2) is 0 Å². The zero-order chi connectivity index (χ0) is 17.6. The molecular formula is C20H29N3O2. The van der Waals surface area contributed by atoms with E-state index in [0.717, 1.165) is 50.7 Å². The molecule has 1 aromatic heterocycles. The van der Waals surface area contributed by atoms with Gasteiger partial charge in [0.1, 0.15) is 5.75 Å². The van der Waals surface area contributed by atoms with Crippen molar-refractivity contribution in [2.45, 2.75) is 52.4 Å². The Morgan fingerprint density at radius 2 is 2.08 bits per heavy atom. The first-order chi connectivity index (χ1) is 12.2. The van der Waals surface area contributed by atoms with Gasteiger partial charge in [-0.15, -0.1) is 0 Å². The van der Waals surface area contributed by atoms with Crippen LogP contribution >= 0.6 is 0 Å². The van der Waals surface area contributed by atoms with Crippen LogP contribution in [0.25, 0.3) is 0 Å². The van der Waals surface area contributed by atoms with Crippen molar-refractivity contribution in [1.82, 2.24) is 14.7 Å². The highest BCUT2D eigenvalue weighted by molar-refractivity contribution is 5.33. The molecular weight excluding hydrogens is 314 g/mol. The van der Waals surface area contributed by atoms with E-state index >= 15 is 0 Å². The van der Waals surface area contributed by atoms with Crippen molar-refractivity contribution in [3.63, 3.8) is 0 Å². The maximum atomic E-state index is 5.88. The lowest BCUT2D eigenvalue weighted by molar-refractivity contribution is 0.0675. The third-order valence-electron chi connectivity index (χ3n) is 4.84. The molecule has 1 fully saturated rings. The minimum absolute atomic E-state index is 0.330. The van der Waals surface area contributed by atoms with Gasteiger partial charge in [0.25, 0.3) is 0 Å². The third-order valence-corrected chi connectivity index (χ3v) is 4.84. The molecule has 2 heterocycles. The molecule has 3 rings (SSSR count). The summed E-state index contributed by atoms with van der Waals surface area (Å²) < 4.78 is 13.4. The van der Waals surface area contributed by atoms with Gasteiger partial charge in [-0.05, 0) is 32.8 Å². The number of rotatable bonds is 8. The van der Waals surface area contributed by atoms with Crippen LogP contribution < -0.4 is 4.74 Å². The summed E-state index contributed by atoms with van der Waals surface area (Å²) in [6.45, 7) is 8.67. The fourth-order valence-electron chi connectivity index (χ4n) is 3.45. The number of nitrogens with zero attached hydrogens (tertiary/aromatic N) is 3. The largest absolute Gasteiger partial charge is 0.496 e. The molecule has 25 heavy (non-hydrogen) atoms. The fourth-order valence-corrected chi connectivity index (χ4v) is 3.45. The van der Waals surface area contributed by atoms with E-state index < -0.39 is 0 Å². The second-order valence-electron chi connectivity index (χ2n) is 6.71. The van der Waals surface area contributed by atoms with E-state index in [1.807, 2.05) is 16.8 Å². The lowest BCUT2D eigenvalue weighted by atomic mass is 10.1. The molecule has 1 aliphatic rings. The maximum Gasteiger partial charge on any atom is 0.123 e. The Morgan fingerprint density at radius 1 is 1.28 bits per heavy atom. The van der Waals surface area contributed by atoms with Crippen LogP contribution in [0.3, 0.4) is 0 Å². The predicted molar refractivity (Wildman–Crippen MR) is 98.7 cm³/mol. The fraction of sp³-hybridized carbons (Fsp3) is 0.550. The van der Waals surface area contributed by atoms with Crippen molar-refractivity contribution in [3.8, 4) is 5.75 Å². The molecule has 1 aromatic carbocycles. The molecule has 0 amide bonds. The van der Waals surface area contributed by atoms with Gasteiger partial charge in [-0.1, -0.05) is 18.2 Å². The molecule has 1 atom stereocenters. The van der Waals surface area contributed by atoms with E-state index in [4.69, 9.17) is 9.47 Å². The van der Waals surface area contributed by atoms with Crippen molar-refractivity contribution < 1.29 is 9.47 Å². The van der Waals surface area contributed by atoms with Gasteiger partial charge in [0.05, 0.1) is 18.9 Å². The zero-order valence-corrected chi connectivity index (χ0v) is 15.6. The lowest BCUT2D eigenvalue weighted by Gasteiger charge is -2.26. The minimum atomic E-state index is 0.330. The Hall–Kier alpha value is -1.85. The van der Waals surface area contributed by atoms with Crippen LogP contribution in [0.1, 0.15) is 36.6 Å². The topological polar surface area (TPSA) is 39.5 Å². The second kappa shape index (κ2) is 8.50. The molecule has 0 saturated carbocycles. The van der Waals surface area contributed by atoms with Crippen LogP contribution in [-0.4, -0.2) is 41.0 Å². The molecule has 0 radical (unpaired) electrons. The number of methoxy groups -OCH3 is 1. The Bertz CT molecular complexity index is 677. The van der Waals surface area contributed by atoms with Gasteiger partial charge in [0.2, 0.25) is 0 Å². The Kier molecular flexibility index (Phi) is 6.10. The van der Waals surface area contributed by atoms with E-state index in [9.17, 15) is 0 Å². The first-order valence-electron chi connectivity index (χ1n) is 9.18. The van der Waals surface area contributed by atoms with E-state index in [2.05, 4.69) is 42.2 Å². The first-order valence-corrected chi connectivity index (χ1v) is 9.18. The van der Waals surface area contributed by atoms with Crippen molar-refractivity contribution >= 4 is 0 Å². The van der Waals surface area contributed by atoms with E-state index in [1.165, 1.54) is 17.5 Å². The average Bonchev–Trinajstić information content (AvgIpc) is 3.25. The maximum absolute atomic E-state index is 5.88. The Balaban J connectivity index is 1.77. The molecule has 1 aliphatic heterocycles. The molecule has 0 N–H and O–H groups in total. The predicted octanol–water partition coefficient (Wildman–Crippen LogP) is 3.40. The molecule has 0 aliphatic carbocycles. The van der Waals surface area contributed by atoms with Gasteiger partial charge in [-0.3, -0.25) is 9.58 Å². The highest BCUT2D eigenvalue weighted by Crippen LogP contribution is 2.23. The monoisotopic (exact) mass is 343 g/mol. The van der Waals surface area contributed by atoms with Gasteiger partial charge in [0, 0.05) is 50.1 Å². The number of hydrogen-bond acceptors (Lipinski definition) is 4. The normalized spacial score (nSPS) is 17.4. The van der Waals surface area contributed by atoms with Crippen molar-refractivity contribution in [2.24, 2.45) is 0 Å². The second-order valence-corrected chi connectivity index (χ2v) is 6.71. The van der Waals surface area contributed by atoms with Crippen molar-refractivity contribution in [3.05, 3.63) is 47.3 Å². The number of aromatic nitrogens is 2. The van der Waals surface area contributed by atoms with E-state index in [-0.39, 0.29) is 0 Å². The summed E-state index contributed by atoms with van der Waals surface area (Å²) in [5, 5.41) is 4.59. The summed E-state index contributed by atoms with van der Waals surface area (Å²) in [5.74, 6) is 0.945. The molecule has 2 aromatic rings. The van der Waals surface area contributed by atoms with Gasteiger partial charge < -0.3 is 9.47 Å². The standard InChI is InChI=1S/C20H29N3O2/c1-4-23-14-18(16(2)21-23)13-22(15-19-9-7-11-25-19)12-17-8-5-6-10-20(17)24-3/h5-6,8,10,14,19H,4,7,9,11-13,15H2,1-3H3/t19-/m0/s1. The van der Waals surface area contributed by atoms with Gasteiger partial charge in [-0.2, -0.15) is 5.10 Å². The van der Waals surface area contributed by atoms with Crippen LogP contribution in [0.2, 0.25) is 0 Å². The van der Waals surface area contributed by atoms with E-state index in [0.29, 0.717) is 6.10 Å². The average molecular weight is 343 g/mol. The van der Waals surface area contributed by atoms with Crippen LogP contribution in [0.5, 0.6) is 5.75 Å². The van der Waals surface area contributed by atoms with E-state index in [1.54, 1.807) is 7.11 Å². The van der Waals surface area contributed by atoms with Crippen LogP contribution in [0.4, 0.5) is 0 Å². The molecule has 0 spiro atoms. The Morgan fingerprint density at radius 3 is 2.76 bits per heavy atom. The zero-order valence-electron chi connectivity index (χ0n) is 15.6. The summed E-state index contributed by atoms with van der Waals surface area (Å²) in [7, 11) is 1.73. The first kappa shape index (κ1) is 18.0. The third kappa shape index (κ3) is 4.61. The summed E-state index contributed by atoms with van der Waals surface area (Å²) in [4.78, 5) is 2.46. The van der Waals surface area contributed by atoms with Crippen LogP contribution in [0.15, 0.2) is 30.5 Å². The van der Waals surface area contributed by atoms with Crippen molar-refractivity contribution in [2.75, 3.05) is 20.3 Å². The number of para-hydroxylation sites is 1. The summed E-state index contributed by atoms with van der Waals surface area (Å²) >= 11 is 0. The quantitative estimate of drug-likeness (QED) is 0.736.